The monoisotopic (exact) mass is 518 g/mol. The highest BCUT2D eigenvalue weighted by Crippen LogP contribution is 2.38. The summed E-state index contributed by atoms with van der Waals surface area (Å²) in [5, 5.41) is 7.16. The number of urea groups is 1. The van der Waals surface area contributed by atoms with Gasteiger partial charge in [-0.05, 0) is 42.0 Å². The fourth-order valence-corrected chi connectivity index (χ4v) is 4.25. The third-order valence-corrected chi connectivity index (χ3v) is 6.27. The normalized spacial score (nSPS) is 16.5. The maximum Gasteiger partial charge on any atom is 0.443 e. The predicted octanol–water partition coefficient (Wildman–Crippen LogP) is 6.87. The van der Waals surface area contributed by atoms with Gasteiger partial charge in [0.25, 0.3) is 0 Å². The van der Waals surface area contributed by atoms with Crippen molar-refractivity contribution in [2.75, 3.05) is 11.9 Å². The van der Waals surface area contributed by atoms with E-state index in [0.29, 0.717) is 27.6 Å². The third kappa shape index (κ3) is 5.17. The summed E-state index contributed by atoms with van der Waals surface area (Å²) >= 11 is 6.37. The van der Waals surface area contributed by atoms with Crippen LogP contribution in [0.3, 0.4) is 0 Å². The van der Waals surface area contributed by atoms with Gasteiger partial charge in [0.15, 0.2) is 5.01 Å². The summed E-state index contributed by atoms with van der Waals surface area (Å²) < 4.78 is 77.4. The van der Waals surface area contributed by atoms with Crippen LogP contribution in [-0.2, 0) is 12.4 Å². The summed E-state index contributed by atoms with van der Waals surface area (Å²) in [5.74, 6) is -0.701. The van der Waals surface area contributed by atoms with Crippen molar-refractivity contribution in [2.45, 2.75) is 18.3 Å². The number of benzene rings is 2. The number of nitrogens with one attached hydrogen (secondary N) is 1. The van der Waals surface area contributed by atoms with Gasteiger partial charge in [-0.1, -0.05) is 23.7 Å². The first-order valence-corrected chi connectivity index (χ1v) is 10.7. The number of hydrogen-bond acceptors (Lipinski definition) is 4. The van der Waals surface area contributed by atoms with Crippen LogP contribution >= 0.6 is 22.9 Å². The Balaban J connectivity index is 1.60. The molecular weight excluding hydrogens is 506 g/mol. The number of aromatic nitrogens is 1. The second-order valence-corrected chi connectivity index (χ2v) is 8.70. The van der Waals surface area contributed by atoms with Gasteiger partial charge < -0.3 is 5.32 Å². The Morgan fingerprint density at radius 3 is 2.21 bits per heavy atom. The molecular formula is C21H13ClF6N4OS. The fourth-order valence-electron chi connectivity index (χ4n) is 3.24. The first-order chi connectivity index (χ1) is 15.9. The summed E-state index contributed by atoms with van der Waals surface area (Å²) in [5.41, 5.74) is 0.0973. The number of rotatable bonds is 3. The number of hydrogen-bond donors (Lipinski definition) is 1. The Morgan fingerprint density at radius 2 is 1.65 bits per heavy atom. The molecule has 3 aromatic rings. The maximum atomic E-state index is 13.1. The van der Waals surface area contributed by atoms with Crippen LogP contribution in [0.25, 0.3) is 0 Å². The largest absolute Gasteiger partial charge is 0.443 e. The van der Waals surface area contributed by atoms with Gasteiger partial charge in [0.1, 0.15) is 0 Å². The minimum absolute atomic E-state index is 0.0933. The Labute approximate surface area is 197 Å². The molecule has 0 bridgehead atoms. The molecule has 1 aromatic heterocycles. The first kappa shape index (κ1) is 24.0. The third-order valence-electron chi connectivity index (χ3n) is 4.86. The van der Waals surface area contributed by atoms with Crippen LogP contribution in [0.1, 0.15) is 26.9 Å². The van der Waals surface area contributed by atoms with Crippen LogP contribution in [0.5, 0.6) is 0 Å². The summed E-state index contributed by atoms with van der Waals surface area (Å²) in [7, 11) is 0. The van der Waals surface area contributed by atoms with Crippen molar-refractivity contribution >= 4 is 40.4 Å². The molecule has 0 aliphatic carbocycles. The fraction of sp³-hybridized carbons (Fsp3) is 0.190. The number of anilines is 1. The zero-order valence-corrected chi connectivity index (χ0v) is 18.4. The molecule has 2 amide bonds. The van der Waals surface area contributed by atoms with Crippen molar-refractivity contribution in [3.8, 4) is 0 Å². The minimum atomic E-state index is -4.61. The number of alkyl halides is 6. The molecule has 0 fully saturated rings. The van der Waals surface area contributed by atoms with E-state index in [2.05, 4.69) is 15.4 Å². The Morgan fingerprint density at radius 1 is 1.00 bits per heavy atom. The number of hydrazone groups is 1. The van der Waals surface area contributed by atoms with E-state index in [1.54, 1.807) is 24.3 Å². The Bertz CT molecular complexity index is 1220. The molecule has 1 aliphatic heterocycles. The van der Waals surface area contributed by atoms with Gasteiger partial charge in [0.05, 0.1) is 23.7 Å². The van der Waals surface area contributed by atoms with Gasteiger partial charge in [-0.15, -0.1) is 11.3 Å². The van der Waals surface area contributed by atoms with E-state index in [0.717, 1.165) is 35.5 Å². The van der Waals surface area contributed by atoms with Gasteiger partial charge >= 0.3 is 18.4 Å². The second-order valence-electron chi connectivity index (χ2n) is 7.20. The van der Waals surface area contributed by atoms with E-state index in [9.17, 15) is 31.1 Å². The van der Waals surface area contributed by atoms with Crippen LogP contribution in [0.15, 0.2) is 59.8 Å². The molecule has 5 nitrogen and oxygen atoms in total. The molecule has 178 valence electrons. The van der Waals surface area contributed by atoms with E-state index in [1.807, 2.05) is 0 Å². The molecule has 34 heavy (non-hydrogen) atoms. The summed E-state index contributed by atoms with van der Waals surface area (Å²) in [6.45, 7) is -0.0933. The number of nitrogens with zero attached hydrogens (tertiary/aromatic N) is 3. The lowest BCUT2D eigenvalue weighted by molar-refractivity contribution is -0.138. The molecule has 1 atom stereocenters. The second kappa shape index (κ2) is 8.91. The topological polar surface area (TPSA) is 57.6 Å². The van der Waals surface area contributed by atoms with Crippen molar-refractivity contribution in [3.05, 3.63) is 80.8 Å². The molecule has 13 heteroatoms. The Kier molecular flexibility index (Phi) is 6.30. The number of carbonyl (C=O) groups excluding carboxylic acids is 1. The lowest BCUT2D eigenvalue weighted by Crippen LogP contribution is -2.30. The van der Waals surface area contributed by atoms with E-state index in [-0.39, 0.29) is 17.1 Å². The van der Waals surface area contributed by atoms with Crippen molar-refractivity contribution in [1.82, 2.24) is 9.99 Å². The number of amides is 2. The molecule has 4 rings (SSSR count). The highest BCUT2D eigenvalue weighted by atomic mass is 35.5. The number of thiazole rings is 1. The maximum absolute atomic E-state index is 13.1. The lowest BCUT2D eigenvalue weighted by Gasteiger charge is -2.15. The van der Waals surface area contributed by atoms with Crippen LogP contribution in [0.2, 0.25) is 5.02 Å². The zero-order valence-electron chi connectivity index (χ0n) is 16.8. The van der Waals surface area contributed by atoms with Crippen molar-refractivity contribution in [1.29, 1.82) is 0 Å². The smallest absolute Gasteiger partial charge is 0.306 e. The van der Waals surface area contributed by atoms with Gasteiger partial charge in [0, 0.05) is 21.8 Å². The average molecular weight is 519 g/mol. The SMILES string of the molecule is O=C(Nc1ccc(C(F)(F)F)cc1)N1CC(c2cnc(C(F)(F)F)s2)C(c2ccc(Cl)cc2)=N1. The average Bonchev–Trinajstić information content (AvgIpc) is 3.41. The molecule has 0 radical (unpaired) electrons. The molecule has 1 aliphatic rings. The van der Waals surface area contributed by atoms with E-state index in [1.165, 1.54) is 0 Å². The quantitative estimate of drug-likeness (QED) is 0.385. The van der Waals surface area contributed by atoms with Gasteiger partial charge in [-0.2, -0.15) is 31.4 Å². The lowest BCUT2D eigenvalue weighted by atomic mass is 9.96. The van der Waals surface area contributed by atoms with Gasteiger partial charge in [-0.25, -0.2) is 14.8 Å². The zero-order chi connectivity index (χ0) is 24.7. The molecule has 2 aromatic carbocycles. The van der Waals surface area contributed by atoms with Crippen LogP contribution < -0.4 is 5.32 Å². The van der Waals surface area contributed by atoms with Gasteiger partial charge in [-0.3, -0.25) is 0 Å². The highest BCUT2D eigenvalue weighted by Gasteiger charge is 2.38. The first-order valence-electron chi connectivity index (χ1n) is 9.55. The molecule has 1 N–H and O–H groups in total. The predicted molar refractivity (Wildman–Crippen MR) is 115 cm³/mol. The van der Waals surface area contributed by atoms with Crippen LogP contribution in [0.4, 0.5) is 36.8 Å². The molecule has 0 spiro atoms. The van der Waals surface area contributed by atoms with Crippen molar-refractivity contribution in [2.24, 2.45) is 5.10 Å². The van der Waals surface area contributed by atoms with Gasteiger partial charge in [0.2, 0.25) is 0 Å². The standard InChI is InChI=1S/C21H13ClF6N4OS/c22-13-5-1-11(2-6-13)17-15(16-9-29-18(34-16)21(26,27)28)10-32(31-17)19(33)30-14-7-3-12(4-8-14)20(23,24)25/h1-9,15H,10H2,(H,30,33). The van der Waals surface area contributed by atoms with Crippen LogP contribution in [0, 0.1) is 0 Å². The Hall–Kier alpha value is -3.12. The highest BCUT2D eigenvalue weighted by molar-refractivity contribution is 7.12. The number of carbonyl (C=O) groups is 1. The van der Waals surface area contributed by atoms with E-state index in [4.69, 9.17) is 11.6 Å². The molecule has 0 saturated carbocycles. The molecule has 0 saturated heterocycles. The van der Waals surface area contributed by atoms with E-state index >= 15 is 0 Å². The van der Waals surface area contributed by atoms with Crippen molar-refractivity contribution < 1.29 is 31.1 Å². The van der Waals surface area contributed by atoms with Crippen molar-refractivity contribution in [3.63, 3.8) is 0 Å². The van der Waals surface area contributed by atoms with Crippen LogP contribution in [-0.4, -0.2) is 28.3 Å². The summed E-state index contributed by atoms with van der Waals surface area (Å²) in [4.78, 5) is 16.4. The summed E-state index contributed by atoms with van der Waals surface area (Å²) in [6.07, 6.45) is -8.04. The molecule has 1 unspecified atom stereocenters. The summed E-state index contributed by atoms with van der Waals surface area (Å²) in [6, 6.07) is 9.47. The number of halogens is 7. The van der Waals surface area contributed by atoms with E-state index < -0.39 is 34.9 Å². The molecule has 2 heterocycles. The minimum Gasteiger partial charge on any atom is -0.306 e.